The molecule has 0 bridgehead atoms. The fraction of sp³-hybridized carbons (Fsp3) is 0.500. The Kier molecular flexibility index (Phi) is 4.14. The molecular weight excluding hydrogens is 252 g/mol. The third-order valence-electron chi connectivity index (χ3n) is 3.51. The topological polar surface area (TPSA) is 40.5 Å². The predicted octanol–water partition coefficient (Wildman–Crippen LogP) is 2.66. The number of carboxylic acid groups (broad SMARTS) is 1. The summed E-state index contributed by atoms with van der Waals surface area (Å²) in [6.45, 7) is 1.60. The Morgan fingerprint density at radius 1 is 1.21 bits per heavy atom. The van der Waals surface area contributed by atoms with E-state index in [4.69, 9.17) is 5.11 Å². The summed E-state index contributed by atoms with van der Waals surface area (Å²) < 4.78 is 26.0. The van der Waals surface area contributed by atoms with Crippen molar-refractivity contribution in [3.8, 4) is 0 Å². The monoisotopic (exact) mass is 269 g/mol. The Balaban J connectivity index is 1.81. The van der Waals surface area contributed by atoms with Crippen LogP contribution in [0.3, 0.4) is 0 Å². The summed E-state index contributed by atoms with van der Waals surface area (Å²) in [6, 6.07) is 6.70. The van der Waals surface area contributed by atoms with E-state index in [0.29, 0.717) is 13.1 Å². The van der Waals surface area contributed by atoms with Crippen molar-refractivity contribution in [1.29, 1.82) is 0 Å². The van der Waals surface area contributed by atoms with Crippen molar-refractivity contribution in [1.82, 2.24) is 4.90 Å². The van der Waals surface area contributed by atoms with E-state index in [-0.39, 0.29) is 18.4 Å². The van der Waals surface area contributed by atoms with Gasteiger partial charge in [-0.1, -0.05) is 12.1 Å². The predicted molar refractivity (Wildman–Crippen MR) is 67.7 cm³/mol. The summed E-state index contributed by atoms with van der Waals surface area (Å²) in [5.74, 6) is -3.44. The van der Waals surface area contributed by atoms with Gasteiger partial charge in [0, 0.05) is 32.5 Å². The molecule has 0 spiro atoms. The molecule has 19 heavy (non-hydrogen) atoms. The van der Waals surface area contributed by atoms with Crippen LogP contribution in [0.4, 0.5) is 8.78 Å². The Morgan fingerprint density at radius 2 is 1.79 bits per heavy atom. The Bertz CT molecular complexity index is 435. The lowest BCUT2D eigenvalue weighted by atomic mass is 10.1. The second-order valence-electron chi connectivity index (χ2n) is 4.95. The zero-order valence-corrected chi connectivity index (χ0v) is 10.6. The van der Waals surface area contributed by atoms with Gasteiger partial charge in [-0.25, -0.2) is 13.6 Å². The molecule has 0 amide bonds. The summed E-state index contributed by atoms with van der Waals surface area (Å²) in [6.07, 6.45) is 0.626. The van der Waals surface area contributed by atoms with Crippen LogP contribution in [-0.2, 0) is 6.42 Å². The molecule has 2 rings (SSSR count). The molecule has 0 unspecified atom stereocenters. The molecule has 1 aromatic rings. The van der Waals surface area contributed by atoms with Crippen molar-refractivity contribution in [3.05, 3.63) is 35.4 Å². The normalized spacial score (nSPS) is 19.3. The summed E-state index contributed by atoms with van der Waals surface area (Å²) in [4.78, 5) is 12.7. The summed E-state index contributed by atoms with van der Waals surface area (Å²) >= 11 is 0. The molecule has 1 aliphatic heterocycles. The molecule has 3 nitrogen and oxygen atoms in total. The molecule has 1 aliphatic rings. The number of nitrogens with zero attached hydrogens (tertiary/aromatic N) is 1. The number of carboxylic acids is 1. The van der Waals surface area contributed by atoms with E-state index in [9.17, 15) is 13.6 Å². The van der Waals surface area contributed by atoms with Crippen molar-refractivity contribution >= 4 is 5.97 Å². The standard InChI is InChI=1S/C14H17F2NO2/c15-14(16)6-9-17(10-7-14)8-5-11-1-3-12(4-2-11)13(18)19/h1-4H,5-10H2,(H,18,19). The minimum Gasteiger partial charge on any atom is -0.478 e. The van der Waals surface area contributed by atoms with E-state index in [1.165, 1.54) is 0 Å². The van der Waals surface area contributed by atoms with E-state index in [1.54, 1.807) is 24.3 Å². The van der Waals surface area contributed by atoms with Crippen LogP contribution in [0.2, 0.25) is 0 Å². The van der Waals surface area contributed by atoms with Gasteiger partial charge in [-0.3, -0.25) is 0 Å². The van der Waals surface area contributed by atoms with Gasteiger partial charge >= 0.3 is 5.97 Å². The molecular formula is C14H17F2NO2. The number of hydrogen-bond acceptors (Lipinski definition) is 2. The van der Waals surface area contributed by atoms with Gasteiger partial charge in [-0.15, -0.1) is 0 Å². The summed E-state index contributed by atoms with van der Waals surface area (Å²) in [7, 11) is 0. The second-order valence-corrected chi connectivity index (χ2v) is 4.95. The highest BCUT2D eigenvalue weighted by atomic mass is 19.3. The van der Waals surface area contributed by atoms with Crippen molar-refractivity contribution in [2.24, 2.45) is 0 Å². The van der Waals surface area contributed by atoms with Gasteiger partial charge < -0.3 is 10.0 Å². The van der Waals surface area contributed by atoms with Crippen LogP contribution < -0.4 is 0 Å². The first-order valence-electron chi connectivity index (χ1n) is 6.39. The number of rotatable bonds is 4. The van der Waals surface area contributed by atoms with E-state index in [2.05, 4.69) is 0 Å². The lowest BCUT2D eigenvalue weighted by molar-refractivity contribution is -0.0548. The third kappa shape index (κ3) is 3.99. The van der Waals surface area contributed by atoms with Gasteiger partial charge in [0.25, 0.3) is 5.92 Å². The number of piperidine rings is 1. The van der Waals surface area contributed by atoms with Crippen LogP contribution >= 0.6 is 0 Å². The number of hydrogen-bond donors (Lipinski definition) is 1. The first-order chi connectivity index (χ1) is 8.96. The number of likely N-dealkylation sites (tertiary alicyclic amines) is 1. The van der Waals surface area contributed by atoms with E-state index in [0.717, 1.165) is 18.5 Å². The largest absolute Gasteiger partial charge is 0.478 e. The molecule has 104 valence electrons. The molecule has 5 heteroatoms. The fourth-order valence-corrected chi connectivity index (χ4v) is 2.20. The number of benzene rings is 1. The first kappa shape index (κ1) is 13.9. The maximum absolute atomic E-state index is 13.0. The smallest absolute Gasteiger partial charge is 0.335 e. The molecule has 0 aliphatic carbocycles. The number of carbonyl (C=O) groups is 1. The van der Waals surface area contributed by atoms with Crippen LogP contribution in [0.25, 0.3) is 0 Å². The SMILES string of the molecule is O=C(O)c1ccc(CCN2CCC(F)(F)CC2)cc1. The fourth-order valence-electron chi connectivity index (χ4n) is 2.20. The summed E-state index contributed by atoms with van der Waals surface area (Å²) in [5.41, 5.74) is 1.30. The van der Waals surface area contributed by atoms with Crippen LogP contribution in [0, 0.1) is 0 Å². The molecule has 1 saturated heterocycles. The number of aromatic carboxylic acids is 1. The van der Waals surface area contributed by atoms with Crippen molar-refractivity contribution in [2.75, 3.05) is 19.6 Å². The van der Waals surface area contributed by atoms with Gasteiger partial charge in [0.2, 0.25) is 0 Å². The highest BCUT2D eigenvalue weighted by Gasteiger charge is 2.33. The van der Waals surface area contributed by atoms with Gasteiger partial charge in [-0.2, -0.15) is 0 Å². The van der Waals surface area contributed by atoms with Crippen LogP contribution in [0.1, 0.15) is 28.8 Å². The van der Waals surface area contributed by atoms with Crippen molar-refractivity contribution in [2.45, 2.75) is 25.2 Å². The minimum absolute atomic E-state index is 0.0645. The maximum atomic E-state index is 13.0. The molecule has 0 saturated carbocycles. The Labute approximate surface area is 110 Å². The van der Waals surface area contributed by atoms with Crippen LogP contribution in [0.15, 0.2) is 24.3 Å². The summed E-state index contributed by atoms with van der Waals surface area (Å²) in [5, 5.41) is 8.78. The second kappa shape index (κ2) is 5.65. The number of alkyl halides is 2. The molecule has 1 fully saturated rings. The van der Waals surface area contributed by atoms with Gasteiger partial charge in [0.1, 0.15) is 0 Å². The van der Waals surface area contributed by atoms with E-state index >= 15 is 0 Å². The average Bonchev–Trinajstić information content (AvgIpc) is 2.38. The zero-order valence-electron chi connectivity index (χ0n) is 10.6. The van der Waals surface area contributed by atoms with Gasteiger partial charge in [0.15, 0.2) is 0 Å². The first-order valence-corrected chi connectivity index (χ1v) is 6.39. The lowest BCUT2D eigenvalue weighted by Crippen LogP contribution is -2.40. The quantitative estimate of drug-likeness (QED) is 0.913. The molecule has 0 aromatic heterocycles. The molecule has 0 radical (unpaired) electrons. The van der Waals surface area contributed by atoms with E-state index in [1.807, 2.05) is 4.90 Å². The highest BCUT2D eigenvalue weighted by Crippen LogP contribution is 2.27. The van der Waals surface area contributed by atoms with Crippen molar-refractivity contribution in [3.63, 3.8) is 0 Å². The number of halogens is 2. The van der Waals surface area contributed by atoms with E-state index < -0.39 is 11.9 Å². The molecule has 1 heterocycles. The average molecular weight is 269 g/mol. The lowest BCUT2D eigenvalue weighted by Gasteiger charge is -2.31. The van der Waals surface area contributed by atoms with Gasteiger partial charge in [-0.05, 0) is 24.1 Å². The van der Waals surface area contributed by atoms with Crippen LogP contribution in [0.5, 0.6) is 0 Å². The van der Waals surface area contributed by atoms with Gasteiger partial charge in [0.05, 0.1) is 5.56 Å². The molecule has 1 aromatic carbocycles. The Hall–Kier alpha value is -1.49. The minimum atomic E-state index is -2.50. The van der Waals surface area contributed by atoms with Crippen LogP contribution in [-0.4, -0.2) is 41.5 Å². The molecule has 1 N–H and O–H groups in total. The molecule has 0 atom stereocenters. The Morgan fingerprint density at radius 3 is 2.32 bits per heavy atom. The van der Waals surface area contributed by atoms with Crippen molar-refractivity contribution < 1.29 is 18.7 Å². The zero-order chi connectivity index (χ0) is 13.9. The highest BCUT2D eigenvalue weighted by molar-refractivity contribution is 5.87. The third-order valence-corrected chi connectivity index (χ3v) is 3.51. The maximum Gasteiger partial charge on any atom is 0.335 e.